The van der Waals surface area contributed by atoms with Gasteiger partial charge in [0.25, 0.3) is 0 Å². The molecule has 0 aliphatic carbocycles. The van der Waals surface area contributed by atoms with Crippen LogP contribution in [0.25, 0.3) is 0 Å². The number of nitrogens with zero attached hydrogens (tertiary/aromatic N) is 16. The fourth-order valence-corrected chi connectivity index (χ4v) is 15.4. The molecule has 852 valence electrons. The van der Waals surface area contributed by atoms with Gasteiger partial charge in [-0.1, -0.05) is 0 Å². The molecule has 0 aromatic heterocycles. The van der Waals surface area contributed by atoms with Gasteiger partial charge < -0.3 is 142 Å². The van der Waals surface area contributed by atoms with Gasteiger partial charge in [0.2, 0.25) is 47.3 Å². The minimum atomic E-state index is -1.96. The molecule has 0 aromatic rings. The first kappa shape index (κ1) is 134. The minimum absolute atomic E-state index is 0.00582. The zero-order valence-corrected chi connectivity index (χ0v) is 86.1. The van der Waals surface area contributed by atoms with Crippen LogP contribution in [0, 0.1) is 5.41 Å². The molecular formula is C89H160N24O36. The molecule has 2 heterocycles. The average Bonchev–Trinajstić information content (AvgIpc) is 0.843. The van der Waals surface area contributed by atoms with Crippen LogP contribution in [0.5, 0.6) is 0 Å². The van der Waals surface area contributed by atoms with Gasteiger partial charge in [-0.2, -0.15) is 0 Å². The zero-order chi connectivity index (χ0) is 111. The van der Waals surface area contributed by atoms with Gasteiger partial charge in [-0.25, -0.2) is 0 Å². The fourth-order valence-electron chi connectivity index (χ4n) is 15.4. The highest BCUT2D eigenvalue weighted by molar-refractivity contribution is 5.89. The molecule has 0 spiro atoms. The number of hydrogen-bond acceptors (Lipinski definition) is 40. The summed E-state index contributed by atoms with van der Waals surface area (Å²) in [4.78, 5) is 286. The van der Waals surface area contributed by atoms with Crippen molar-refractivity contribution in [1.82, 2.24) is 121 Å². The van der Waals surface area contributed by atoms with Gasteiger partial charge in [-0.3, -0.25) is 155 Å². The number of hydrogen-bond donors (Lipinski definition) is 20. The standard InChI is InChI=1S/C89H160N24O36/c1-5-146-41-37-110(73(118)45-90-9-14-99(56-80(128)129)19-20-101(58-82(132)133)16-12-93-48-79(126)127)49-69(114)94-65-89(66-95-70(115)50-111(38-42-147-6-2)74(119)53-98(13-10-91-46-77(122)123)17-18-100(57-81(130)131)15-11-92-47-78(124)125,67-96-71(116)51-112(39-43-148-7-3)75(120)54-102-21-25-104(59-83(134)135)29-33-108(63-87(142)143)34-30-105(26-22-102)60-84(136)137)68-97-72(117)52-113(40-44-149-8-4)76(121)55-103-23-27-106(61-85(138)139)31-35-109(64-88(144)145)36-32-107(28-24-103)62-86(140)141/h90-93H,5-68H2,1-4H3,(H,94,114)(H,95,115)(H,96,116)(H,97,117)(H,122,123)(H,124,125)(H,126,127)(H,128,129)(H,130,131)(H,132,133)(H,134,135)(H,136,137)(H,138,139)(H,140,141)(H,142,143)(H,144,145). The lowest BCUT2D eigenvalue weighted by atomic mass is 9.86. The molecule has 60 nitrogen and oxygen atoms in total. The van der Waals surface area contributed by atoms with Crippen LogP contribution in [-0.2, 0) is 115 Å². The number of nitrogens with one attached hydrogen (secondary N) is 8. The van der Waals surface area contributed by atoms with E-state index in [1.165, 1.54) is 44.1 Å². The first-order valence-corrected chi connectivity index (χ1v) is 49.4. The van der Waals surface area contributed by atoms with Crippen molar-refractivity contribution in [3.63, 3.8) is 0 Å². The van der Waals surface area contributed by atoms with Crippen molar-refractivity contribution in [2.45, 2.75) is 27.7 Å². The normalized spacial score (nSPS) is 14.7. The minimum Gasteiger partial charge on any atom is -0.480 e. The zero-order valence-electron chi connectivity index (χ0n) is 86.1. The van der Waals surface area contributed by atoms with Crippen molar-refractivity contribution >= 4 is 119 Å². The Morgan fingerprint density at radius 2 is 0.416 bits per heavy atom. The first-order chi connectivity index (χ1) is 70.8. The number of aliphatic carboxylic acids is 12. The Balaban J connectivity index is 3.16. The molecule has 8 amide bonds. The van der Waals surface area contributed by atoms with Crippen molar-refractivity contribution in [1.29, 1.82) is 0 Å². The largest absolute Gasteiger partial charge is 0.480 e. The Morgan fingerprint density at radius 1 is 0.221 bits per heavy atom. The lowest BCUT2D eigenvalue weighted by Crippen LogP contribution is -2.59. The molecule has 2 aliphatic rings. The molecule has 2 saturated heterocycles. The monoisotopic (exact) mass is 2140 g/mol. The molecule has 20 N–H and O–H groups in total. The Morgan fingerprint density at radius 3 is 0.617 bits per heavy atom. The summed E-state index contributed by atoms with van der Waals surface area (Å²) in [5, 5.41) is 139. The molecule has 2 aliphatic heterocycles. The van der Waals surface area contributed by atoms with Gasteiger partial charge in [0.1, 0.15) is 0 Å². The number of carboxylic acid groups (broad SMARTS) is 12. The number of carboxylic acids is 12. The lowest BCUT2D eigenvalue weighted by Gasteiger charge is -2.36. The number of carbonyl (C=O) groups is 20. The highest BCUT2D eigenvalue weighted by atomic mass is 16.5. The third-order valence-electron chi connectivity index (χ3n) is 23.4. The van der Waals surface area contributed by atoms with E-state index in [1.54, 1.807) is 42.4 Å². The second kappa shape index (κ2) is 78.7. The molecule has 2 rings (SSSR count). The van der Waals surface area contributed by atoms with Gasteiger partial charge in [0, 0.05) is 267 Å². The third-order valence-corrected chi connectivity index (χ3v) is 23.4. The molecule has 60 heteroatoms. The van der Waals surface area contributed by atoms with Gasteiger partial charge in [0.15, 0.2) is 0 Å². The van der Waals surface area contributed by atoms with Crippen LogP contribution < -0.4 is 42.5 Å². The summed E-state index contributed by atoms with van der Waals surface area (Å²) in [5.74, 6) is -21.2. The summed E-state index contributed by atoms with van der Waals surface area (Å²) in [5.41, 5.74) is -1.96. The summed E-state index contributed by atoms with van der Waals surface area (Å²) in [6.45, 7) is -8.27. The number of rotatable bonds is 82. The molecule has 0 bridgehead atoms. The predicted molar refractivity (Wildman–Crippen MR) is 527 cm³/mol. The Kier molecular flexibility index (Phi) is 70.6. The lowest BCUT2D eigenvalue weighted by molar-refractivity contribution is -0.141. The van der Waals surface area contributed by atoms with E-state index in [0.29, 0.717) is 0 Å². The van der Waals surface area contributed by atoms with Gasteiger partial charge in [0.05, 0.1) is 157 Å². The highest BCUT2D eigenvalue weighted by Gasteiger charge is 2.37. The topological polar surface area (TPSA) is 769 Å². The first-order valence-electron chi connectivity index (χ1n) is 49.4. The van der Waals surface area contributed by atoms with E-state index in [1.807, 2.05) is 0 Å². The second-order valence-corrected chi connectivity index (χ2v) is 35.4. The van der Waals surface area contributed by atoms with Crippen LogP contribution in [0.15, 0.2) is 0 Å². The Hall–Kier alpha value is -11.4. The number of ether oxygens (including phenoxy) is 4. The molecule has 149 heavy (non-hydrogen) atoms. The molecule has 0 saturated carbocycles. The van der Waals surface area contributed by atoms with E-state index in [0.717, 1.165) is 19.6 Å². The number of amides is 8. The predicted octanol–water partition coefficient (Wildman–Crippen LogP) is -13.1. The molecule has 0 unspecified atom stereocenters. The number of carbonyl (C=O) groups excluding carboxylic acids is 8. The smallest absolute Gasteiger partial charge is 0.317 e. The van der Waals surface area contributed by atoms with Crippen LogP contribution >= 0.6 is 0 Å². The quantitative estimate of drug-likeness (QED) is 0.0251. The van der Waals surface area contributed by atoms with Crippen molar-refractivity contribution < 1.29 is 176 Å². The van der Waals surface area contributed by atoms with Crippen molar-refractivity contribution in [3.8, 4) is 0 Å². The van der Waals surface area contributed by atoms with E-state index in [9.17, 15) is 123 Å². The van der Waals surface area contributed by atoms with Crippen molar-refractivity contribution in [2.75, 3.05) is 419 Å². The summed E-state index contributed by atoms with van der Waals surface area (Å²) in [6, 6.07) is 0. The third kappa shape index (κ3) is 68.1. The van der Waals surface area contributed by atoms with Gasteiger partial charge in [-0.05, 0) is 27.7 Å². The summed E-state index contributed by atoms with van der Waals surface area (Å²) < 4.78 is 22.7. The van der Waals surface area contributed by atoms with Crippen molar-refractivity contribution in [2.24, 2.45) is 5.41 Å². The van der Waals surface area contributed by atoms with E-state index in [2.05, 4.69) is 42.5 Å². The van der Waals surface area contributed by atoms with Gasteiger partial charge >= 0.3 is 71.6 Å². The molecule has 2 fully saturated rings. The van der Waals surface area contributed by atoms with Crippen LogP contribution in [0.2, 0.25) is 0 Å². The molecule has 0 aromatic carbocycles. The van der Waals surface area contributed by atoms with E-state index < -0.39 is 281 Å². The van der Waals surface area contributed by atoms with Crippen LogP contribution in [0.1, 0.15) is 27.7 Å². The molecule has 0 radical (unpaired) electrons. The summed E-state index contributed by atoms with van der Waals surface area (Å²) in [6.07, 6.45) is 0. The van der Waals surface area contributed by atoms with Crippen LogP contribution in [-0.4, -0.2) is 678 Å². The van der Waals surface area contributed by atoms with E-state index in [4.69, 9.17) is 24.1 Å². The maximum atomic E-state index is 15.2. The summed E-state index contributed by atoms with van der Waals surface area (Å²) >= 11 is 0. The Labute approximate surface area is 865 Å². The maximum absolute atomic E-state index is 15.2. The Bertz CT molecular complexity index is 3910. The fraction of sp³-hybridized carbons (Fsp3) is 0.775. The molecule has 0 atom stereocenters. The van der Waals surface area contributed by atoms with Crippen LogP contribution in [0.3, 0.4) is 0 Å². The average molecular weight is 2140 g/mol. The highest BCUT2D eigenvalue weighted by Crippen LogP contribution is 2.17. The van der Waals surface area contributed by atoms with E-state index in [-0.39, 0.29) is 262 Å². The van der Waals surface area contributed by atoms with Gasteiger partial charge in [-0.15, -0.1) is 0 Å². The van der Waals surface area contributed by atoms with Crippen LogP contribution in [0.4, 0.5) is 0 Å². The second-order valence-electron chi connectivity index (χ2n) is 35.4. The SMILES string of the molecule is CCOCCN(CC(=O)NCC(CNC(=O)CN(CCOCC)C(=O)CN(CCNCC(=O)O)CCN(CCNCC(=O)O)CC(=O)O)(CNC(=O)CN(CCOCC)C(=O)CN1CCN(CC(=O)O)CCN(CC(=O)O)CCN(CC(=O)O)CC1)CNC(=O)CN(CCOCC)C(=O)CN1CCN(CC(=O)O)CCN(CC(=O)O)CCN(CC(=O)O)CC1)C(=O)CNCCN(CCN(CCNCC(=O)O)CC(=O)O)CC(=O)O. The maximum Gasteiger partial charge on any atom is 0.317 e. The van der Waals surface area contributed by atoms with E-state index >= 15 is 28.8 Å². The molecular weight excluding hydrogens is 1980 g/mol. The van der Waals surface area contributed by atoms with Crippen molar-refractivity contribution in [3.05, 3.63) is 0 Å². The summed E-state index contributed by atoms with van der Waals surface area (Å²) in [7, 11) is 0.